The quantitative estimate of drug-likeness (QED) is 0.866. The van der Waals surface area contributed by atoms with Crippen LogP contribution >= 0.6 is 0 Å². The number of ketones is 1. The summed E-state index contributed by atoms with van der Waals surface area (Å²) in [6, 6.07) is 5.80. The van der Waals surface area contributed by atoms with Crippen molar-refractivity contribution in [3.05, 3.63) is 23.8 Å². The Bertz CT molecular complexity index is 701. The number of nitrogens with one attached hydrogen (secondary N) is 1. The van der Waals surface area contributed by atoms with Gasteiger partial charge in [-0.2, -0.15) is 0 Å². The van der Waals surface area contributed by atoms with Crippen molar-refractivity contribution in [2.24, 2.45) is 11.8 Å². The molecule has 24 heavy (non-hydrogen) atoms. The highest BCUT2D eigenvalue weighted by Crippen LogP contribution is 2.57. The second-order valence-corrected chi connectivity index (χ2v) is 7.05. The summed E-state index contributed by atoms with van der Waals surface area (Å²) in [7, 11) is 0. The van der Waals surface area contributed by atoms with Crippen LogP contribution in [0.25, 0.3) is 0 Å². The molecule has 0 spiro atoms. The lowest BCUT2D eigenvalue weighted by Gasteiger charge is -2.56. The van der Waals surface area contributed by atoms with Gasteiger partial charge >= 0.3 is 0 Å². The Balaban J connectivity index is 1.91. The third kappa shape index (κ3) is 2.06. The van der Waals surface area contributed by atoms with Gasteiger partial charge in [-0.3, -0.25) is 9.59 Å². The van der Waals surface area contributed by atoms with E-state index in [9.17, 15) is 9.59 Å². The molecular weight excluding hydrogens is 306 g/mol. The molecule has 4 atom stereocenters. The van der Waals surface area contributed by atoms with E-state index in [0.717, 1.165) is 31.2 Å². The van der Waals surface area contributed by atoms with E-state index in [1.165, 1.54) is 6.92 Å². The van der Waals surface area contributed by atoms with Crippen molar-refractivity contribution < 1.29 is 19.1 Å². The first kappa shape index (κ1) is 15.5. The number of hydrogen-bond donors (Lipinski definition) is 1. The first-order valence-corrected chi connectivity index (χ1v) is 8.84. The third-order valence-electron chi connectivity index (χ3n) is 5.71. The minimum absolute atomic E-state index is 0.0775. The fourth-order valence-corrected chi connectivity index (χ4v) is 4.82. The van der Waals surface area contributed by atoms with Crippen LogP contribution in [-0.4, -0.2) is 24.0 Å². The average molecular weight is 329 g/mol. The van der Waals surface area contributed by atoms with E-state index < -0.39 is 11.6 Å². The molecule has 2 heterocycles. The molecule has 1 amide bonds. The van der Waals surface area contributed by atoms with Gasteiger partial charge in [0.25, 0.3) is 0 Å². The molecule has 0 aromatic heterocycles. The molecule has 1 aromatic rings. The van der Waals surface area contributed by atoms with E-state index in [1.807, 2.05) is 25.1 Å². The molecule has 1 N–H and O–H groups in total. The monoisotopic (exact) mass is 329 g/mol. The van der Waals surface area contributed by atoms with Gasteiger partial charge in [0.1, 0.15) is 11.7 Å². The summed E-state index contributed by atoms with van der Waals surface area (Å²) in [6.45, 7) is 4.00. The Morgan fingerprint density at radius 2 is 2.25 bits per heavy atom. The lowest BCUT2D eigenvalue weighted by atomic mass is 9.61. The SMILES string of the molecule is CCOc1cccc2c1O[C@]13CCCC[C@@H]1[C@H]2[C@@H](C(C)=O)C(=O)N3. The maximum atomic E-state index is 12.7. The second-order valence-electron chi connectivity index (χ2n) is 7.05. The van der Waals surface area contributed by atoms with E-state index in [2.05, 4.69) is 5.32 Å². The van der Waals surface area contributed by atoms with E-state index in [4.69, 9.17) is 9.47 Å². The summed E-state index contributed by atoms with van der Waals surface area (Å²) >= 11 is 0. The maximum Gasteiger partial charge on any atom is 0.234 e. The zero-order valence-electron chi connectivity index (χ0n) is 14.1. The number of benzene rings is 1. The zero-order valence-corrected chi connectivity index (χ0v) is 14.1. The molecule has 1 saturated carbocycles. The van der Waals surface area contributed by atoms with Gasteiger partial charge in [0, 0.05) is 23.8 Å². The molecule has 1 aliphatic carbocycles. The fourth-order valence-electron chi connectivity index (χ4n) is 4.82. The lowest BCUT2D eigenvalue weighted by Crippen LogP contribution is -2.69. The minimum atomic E-state index is -0.688. The van der Waals surface area contributed by atoms with Crippen molar-refractivity contribution in [2.75, 3.05) is 6.61 Å². The van der Waals surface area contributed by atoms with Gasteiger partial charge in [0.15, 0.2) is 17.2 Å². The summed E-state index contributed by atoms with van der Waals surface area (Å²) < 4.78 is 12.2. The van der Waals surface area contributed by atoms with Crippen LogP contribution in [0.3, 0.4) is 0 Å². The number of Topliss-reactive ketones (excluding diaryl/α,β-unsaturated/α-hetero) is 1. The first-order valence-electron chi connectivity index (χ1n) is 8.84. The first-order chi connectivity index (χ1) is 11.6. The van der Waals surface area contributed by atoms with Crippen molar-refractivity contribution in [1.82, 2.24) is 5.32 Å². The molecule has 2 bridgehead atoms. The maximum absolute atomic E-state index is 12.7. The number of para-hydroxylation sites is 1. The number of hydrogen-bond acceptors (Lipinski definition) is 4. The van der Waals surface area contributed by atoms with Crippen LogP contribution in [0.1, 0.15) is 51.0 Å². The Morgan fingerprint density at radius 1 is 1.42 bits per heavy atom. The van der Waals surface area contributed by atoms with Crippen LogP contribution in [0.4, 0.5) is 0 Å². The predicted molar refractivity (Wildman–Crippen MR) is 88.0 cm³/mol. The summed E-state index contributed by atoms with van der Waals surface area (Å²) in [4.78, 5) is 24.9. The fraction of sp³-hybridized carbons (Fsp3) is 0.579. The van der Waals surface area contributed by atoms with Crippen LogP contribution in [0.5, 0.6) is 11.5 Å². The number of fused-ring (bicyclic) bond motifs is 2. The summed E-state index contributed by atoms with van der Waals surface area (Å²) in [5.74, 6) is 0.503. The zero-order chi connectivity index (χ0) is 16.9. The van der Waals surface area contributed by atoms with Gasteiger partial charge in [-0.15, -0.1) is 0 Å². The van der Waals surface area contributed by atoms with Gasteiger partial charge in [0.05, 0.1) is 6.61 Å². The van der Waals surface area contributed by atoms with Crippen molar-refractivity contribution in [3.8, 4) is 11.5 Å². The molecule has 1 saturated heterocycles. The molecule has 3 aliphatic rings. The van der Waals surface area contributed by atoms with Crippen molar-refractivity contribution in [3.63, 3.8) is 0 Å². The van der Waals surface area contributed by atoms with Gasteiger partial charge < -0.3 is 14.8 Å². The number of carbonyl (C=O) groups is 2. The van der Waals surface area contributed by atoms with Crippen LogP contribution in [0.15, 0.2) is 18.2 Å². The van der Waals surface area contributed by atoms with Gasteiger partial charge in [0.2, 0.25) is 5.91 Å². The Labute approximate surface area is 141 Å². The molecular formula is C19H23NO4. The number of rotatable bonds is 3. The number of ether oxygens (including phenoxy) is 2. The van der Waals surface area contributed by atoms with Crippen LogP contribution in [0.2, 0.25) is 0 Å². The molecule has 5 heteroatoms. The molecule has 1 aromatic carbocycles. The molecule has 2 fully saturated rings. The second kappa shape index (κ2) is 5.50. The summed E-state index contributed by atoms with van der Waals surface area (Å²) in [5, 5.41) is 3.07. The number of amides is 1. The van der Waals surface area contributed by atoms with Crippen LogP contribution in [0, 0.1) is 11.8 Å². The smallest absolute Gasteiger partial charge is 0.234 e. The molecule has 128 valence electrons. The number of piperidine rings is 1. The summed E-state index contributed by atoms with van der Waals surface area (Å²) in [6.07, 6.45) is 3.87. The average Bonchev–Trinajstić information content (AvgIpc) is 2.54. The normalized spacial score (nSPS) is 33.6. The highest BCUT2D eigenvalue weighted by Gasteiger charge is 2.60. The molecule has 2 aliphatic heterocycles. The van der Waals surface area contributed by atoms with Crippen LogP contribution in [-0.2, 0) is 9.59 Å². The van der Waals surface area contributed by atoms with Crippen LogP contribution < -0.4 is 14.8 Å². The minimum Gasteiger partial charge on any atom is -0.490 e. The Morgan fingerprint density at radius 3 is 3.00 bits per heavy atom. The Hall–Kier alpha value is -2.04. The third-order valence-corrected chi connectivity index (χ3v) is 5.71. The van der Waals surface area contributed by atoms with E-state index in [1.54, 1.807) is 0 Å². The van der Waals surface area contributed by atoms with E-state index >= 15 is 0 Å². The highest BCUT2D eigenvalue weighted by atomic mass is 16.5. The van der Waals surface area contributed by atoms with Crippen molar-refractivity contribution >= 4 is 11.7 Å². The molecule has 4 rings (SSSR count). The lowest BCUT2D eigenvalue weighted by molar-refractivity contribution is -0.161. The Kier molecular flexibility index (Phi) is 3.55. The van der Waals surface area contributed by atoms with Gasteiger partial charge in [-0.25, -0.2) is 0 Å². The largest absolute Gasteiger partial charge is 0.490 e. The van der Waals surface area contributed by atoms with E-state index in [-0.39, 0.29) is 23.5 Å². The topological polar surface area (TPSA) is 64.6 Å². The van der Waals surface area contributed by atoms with Gasteiger partial charge in [-0.05, 0) is 32.8 Å². The van der Waals surface area contributed by atoms with Gasteiger partial charge in [-0.1, -0.05) is 18.6 Å². The molecule has 5 nitrogen and oxygen atoms in total. The number of carbonyl (C=O) groups excluding carboxylic acids is 2. The van der Waals surface area contributed by atoms with E-state index in [0.29, 0.717) is 18.1 Å². The van der Waals surface area contributed by atoms with Crippen molar-refractivity contribution in [2.45, 2.75) is 51.2 Å². The highest BCUT2D eigenvalue weighted by molar-refractivity contribution is 6.02. The van der Waals surface area contributed by atoms with Crippen molar-refractivity contribution in [1.29, 1.82) is 0 Å². The molecule has 0 radical (unpaired) electrons. The molecule has 0 unspecified atom stereocenters. The summed E-state index contributed by atoms with van der Waals surface area (Å²) in [5.41, 5.74) is 0.255. The predicted octanol–water partition coefficient (Wildman–Crippen LogP) is 2.78. The standard InChI is InChI=1S/C19H23NO4/c1-3-23-14-9-6-7-12-16-13-8-4-5-10-19(13,24-17(12)14)20-18(22)15(16)11(2)21/h6-7,9,13,15-16H,3-5,8,10H2,1-2H3,(H,20,22)/t13-,15-,16+,19-/m1/s1.